The predicted molar refractivity (Wildman–Crippen MR) is 82.8 cm³/mol. The molecule has 0 spiro atoms. The van der Waals surface area contributed by atoms with Crippen LogP contribution in [0.3, 0.4) is 0 Å². The van der Waals surface area contributed by atoms with E-state index in [1.807, 2.05) is 0 Å². The molecule has 0 saturated carbocycles. The lowest BCUT2D eigenvalue weighted by Gasteiger charge is -2.51. The molecule has 0 aromatic rings. The average Bonchev–Trinajstić information content (AvgIpc) is 2.43. The molecule has 7 nitrogen and oxygen atoms in total. The van der Waals surface area contributed by atoms with Crippen molar-refractivity contribution in [1.29, 1.82) is 0 Å². The Kier molecular flexibility index (Phi) is 5.34. The van der Waals surface area contributed by atoms with Crippen LogP contribution in [0.2, 0.25) is 0 Å². The van der Waals surface area contributed by atoms with Gasteiger partial charge in [0.15, 0.2) is 0 Å². The van der Waals surface area contributed by atoms with Crippen molar-refractivity contribution in [2.45, 2.75) is 70.6 Å². The number of rotatable bonds is 2. The average molecular weight is 329 g/mol. The van der Waals surface area contributed by atoms with E-state index in [0.29, 0.717) is 19.3 Å². The third-order valence-electron chi connectivity index (χ3n) is 4.14. The molecule has 1 fully saturated rings. The van der Waals surface area contributed by atoms with Crippen LogP contribution >= 0.6 is 0 Å². The van der Waals surface area contributed by atoms with Crippen molar-refractivity contribution < 1.29 is 28.6 Å². The summed E-state index contributed by atoms with van der Waals surface area (Å²) in [5.41, 5.74) is -3.35. The topological polar surface area (TPSA) is 82.1 Å². The summed E-state index contributed by atoms with van der Waals surface area (Å²) >= 11 is 0. The maximum absolute atomic E-state index is 12.8. The Bertz CT molecular complexity index is 467. The predicted octanol–water partition coefficient (Wildman–Crippen LogP) is 2.27. The number of ether oxygens (including phenoxy) is 3. The van der Waals surface area contributed by atoms with Crippen LogP contribution in [-0.2, 0) is 23.8 Å². The highest BCUT2D eigenvalue weighted by Crippen LogP contribution is 2.41. The monoisotopic (exact) mass is 329 g/mol. The second kappa shape index (κ2) is 6.37. The Labute approximate surface area is 137 Å². The summed E-state index contributed by atoms with van der Waals surface area (Å²) in [5.74, 6) is -1.17. The number of amides is 1. The molecule has 0 aromatic carbocycles. The smallest absolute Gasteiger partial charge is 0.412 e. The second-order valence-corrected chi connectivity index (χ2v) is 7.20. The first kappa shape index (κ1) is 19.3. The highest BCUT2D eigenvalue weighted by Gasteiger charge is 2.59. The SMILES string of the molecule is COC(=O)[C@]1(C)CCC[C@@](C)(C(=O)OC)N1C(=O)OC(C)(C)C. The molecule has 1 aliphatic rings. The fourth-order valence-electron chi connectivity index (χ4n) is 3.08. The molecule has 0 radical (unpaired) electrons. The van der Waals surface area contributed by atoms with Crippen molar-refractivity contribution >= 4 is 18.0 Å². The van der Waals surface area contributed by atoms with Crippen LogP contribution < -0.4 is 0 Å². The lowest BCUT2D eigenvalue weighted by molar-refractivity contribution is -0.174. The number of piperidine rings is 1. The Morgan fingerprint density at radius 1 is 0.913 bits per heavy atom. The van der Waals surface area contributed by atoms with Crippen LogP contribution in [0.5, 0.6) is 0 Å². The van der Waals surface area contributed by atoms with Crippen LogP contribution in [-0.4, -0.2) is 53.8 Å². The molecule has 132 valence electrons. The van der Waals surface area contributed by atoms with E-state index in [4.69, 9.17) is 14.2 Å². The van der Waals surface area contributed by atoms with Gasteiger partial charge in [0.05, 0.1) is 14.2 Å². The van der Waals surface area contributed by atoms with E-state index in [2.05, 4.69) is 0 Å². The Morgan fingerprint density at radius 2 is 1.30 bits per heavy atom. The maximum atomic E-state index is 12.8. The van der Waals surface area contributed by atoms with Crippen LogP contribution in [0.25, 0.3) is 0 Å². The number of methoxy groups -OCH3 is 2. The lowest BCUT2D eigenvalue weighted by atomic mass is 9.78. The van der Waals surface area contributed by atoms with Crippen molar-refractivity contribution in [3.63, 3.8) is 0 Å². The lowest BCUT2D eigenvalue weighted by Crippen LogP contribution is -2.70. The molecule has 0 bridgehead atoms. The quantitative estimate of drug-likeness (QED) is 0.571. The molecule has 1 amide bonds. The minimum Gasteiger partial charge on any atom is -0.467 e. The van der Waals surface area contributed by atoms with Gasteiger partial charge in [-0.1, -0.05) is 0 Å². The molecule has 0 unspecified atom stereocenters. The number of carbonyl (C=O) groups is 3. The van der Waals surface area contributed by atoms with E-state index in [1.165, 1.54) is 19.1 Å². The molecule has 0 aliphatic carbocycles. The van der Waals surface area contributed by atoms with Gasteiger partial charge in [0, 0.05) is 0 Å². The number of nitrogens with zero attached hydrogens (tertiary/aromatic N) is 1. The third-order valence-corrected chi connectivity index (χ3v) is 4.14. The highest BCUT2D eigenvalue weighted by molar-refractivity contribution is 5.92. The summed E-state index contributed by atoms with van der Waals surface area (Å²) in [6.45, 7) is 8.34. The van der Waals surface area contributed by atoms with Gasteiger partial charge in [0.25, 0.3) is 0 Å². The van der Waals surface area contributed by atoms with Gasteiger partial charge in [0.1, 0.15) is 16.7 Å². The minimum atomic E-state index is -1.29. The van der Waals surface area contributed by atoms with E-state index in [-0.39, 0.29) is 0 Å². The van der Waals surface area contributed by atoms with Crippen LogP contribution in [0, 0.1) is 0 Å². The van der Waals surface area contributed by atoms with Gasteiger partial charge in [-0.2, -0.15) is 0 Å². The third kappa shape index (κ3) is 3.59. The normalized spacial score (nSPS) is 28.0. The van der Waals surface area contributed by atoms with Crippen LogP contribution in [0.15, 0.2) is 0 Å². The summed E-state index contributed by atoms with van der Waals surface area (Å²) < 4.78 is 15.2. The van der Waals surface area contributed by atoms with E-state index in [0.717, 1.165) is 0 Å². The van der Waals surface area contributed by atoms with Gasteiger partial charge < -0.3 is 14.2 Å². The standard InChI is InChI=1S/C16H27NO6/c1-14(2,3)23-13(20)17-15(4,11(18)21-6)9-8-10-16(17,5)12(19)22-7/h8-10H2,1-7H3/t15-,16-/m0/s1. The molecule has 7 heteroatoms. The Morgan fingerprint density at radius 3 is 1.61 bits per heavy atom. The van der Waals surface area contributed by atoms with Gasteiger partial charge in [-0.25, -0.2) is 14.4 Å². The molecule has 1 aliphatic heterocycles. The van der Waals surface area contributed by atoms with Gasteiger partial charge in [-0.05, 0) is 53.9 Å². The zero-order chi connectivity index (χ0) is 18.1. The largest absolute Gasteiger partial charge is 0.467 e. The molecular formula is C16H27NO6. The zero-order valence-corrected chi connectivity index (χ0v) is 15.0. The van der Waals surface area contributed by atoms with E-state index in [9.17, 15) is 14.4 Å². The van der Waals surface area contributed by atoms with E-state index < -0.39 is 34.7 Å². The Balaban J connectivity index is 3.40. The molecule has 1 heterocycles. The van der Waals surface area contributed by atoms with Gasteiger partial charge >= 0.3 is 18.0 Å². The van der Waals surface area contributed by atoms with Crippen molar-refractivity contribution in [2.24, 2.45) is 0 Å². The second-order valence-electron chi connectivity index (χ2n) is 7.20. The zero-order valence-electron chi connectivity index (χ0n) is 15.0. The highest BCUT2D eigenvalue weighted by atomic mass is 16.6. The summed E-state index contributed by atoms with van der Waals surface area (Å²) in [4.78, 5) is 38.6. The van der Waals surface area contributed by atoms with Crippen molar-refractivity contribution in [3.8, 4) is 0 Å². The fraction of sp³-hybridized carbons (Fsp3) is 0.812. The van der Waals surface area contributed by atoms with Crippen LogP contribution in [0.4, 0.5) is 4.79 Å². The molecule has 0 N–H and O–H groups in total. The molecule has 1 saturated heterocycles. The minimum absolute atomic E-state index is 0.380. The first-order valence-electron chi connectivity index (χ1n) is 7.62. The number of esters is 2. The summed E-state index contributed by atoms with van der Waals surface area (Å²) in [5, 5.41) is 0. The van der Waals surface area contributed by atoms with Crippen molar-refractivity contribution in [3.05, 3.63) is 0 Å². The molecule has 0 aromatic heterocycles. The maximum Gasteiger partial charge on any atom is 0.412 e. The van der Waals surface area contributed by atoms with E-state index >= 15 is 0 Å². The summed E-state index contributed by atoms with van der Waals surface area (Å²) in [7, 11) is 2.51. The van der Waals surface area contributed by atoms with Gasteiger partial charge in [0.2, 0.25) is 0 Å². The first-order valence-corrected chi connectivity index (χ1v) is 7.62. The van der Waals surface area contributed by atoms with Crippen LogP contribution in [0.1, 0.15) is 53.9 Å². The molecule has 1 rings (SSSR count). The summed E-state index contributed by atoms with van der Waals surface area (Å²) in [6, 6.07) is 0. The number of likely N-dealkylation sites (tertiary alicyclic amines) is 1. The Hall–Kier alpha value is -1.79. The fourth-order valence-corrected chi connectivity index (χ4v) is 3.08. The molecular weight excluding hydrogens is 302 g/mol. The van der Waals surface area contributed by atoms with E-state index in [1.54, 1.807) is 34.6 Å². The molecule has 23 heavy (non-hydrogen) atoms. The number of hydrogen-bond donors (Lipinski definition) is 0. The van der Waals surface area contributed by atoms with Crippen molar-refractivity contribution in [2.75, 3.05) is 14.2 Å². The summed E-state index contributed by atoms with van der Waals surface area (Å²) in [6.07, 6.45) is 0.603. The first-order chi connectivity index (χ1) is 10.4. The van der Waals surface area contributed by atoms with Crippen molar-refractivity contribution in [1.82, 2.24) is 4.90 Å². The number of carbonyl (C=O) groups excluding carboxylic acids is 3. The van der Waals surface area contributed by atoms with Gasteiger partial charge in [-0.15, -0.1) is 0 Å². The van der Waals surface area contributed by atoms with Gasteiger partial charge in [-0.3, -0.25) is 4.90 Å². The number of hydrogen-bond acceptors (Lipinski definition) is 6. The molecule has 2 atom stereocenters.